The molecule has 6 heteroatoms. The fraction of sp³-hybridized carbons (Fsp3) is 0.296. The van der Waals surface area contributed by atoms with Crippen molar-refractivity contribution in [1.29, 1.82) is 0 Å². The molecule has 0 bridgehead atoms. The van der Waals surface area contributed by atoms with E-state index in [2.05, 4.69) is 19.2 Å². The van der Waals surface area contributed by atoms with Crippen LogP contribution in [0.5, 0.6) is 0 Å². The SMILES string of the molecule is Cc1ccc(S(=O)(=O)N(CC(=O)Nc2c(C)cc(C)cc2C)c2ccc(C(C)C)cc2)cc1. The second-order valence-corrected chi connectivity index (χ2v) is 10.8. The van der Waals surface area contributed by atoms with Crippen molar-refractivity contribution in [3.05, 3.63) is 88.5 Å². The molecule has 0 fully saturated rings. The summed E-state index contributed by atoms with van der Waals surface area (Å²) in [6.45, 7) is 11.6. The van der Waals surface area contributed by atoms with Crippen LogP contribution in [0.4, 0.5) is 11.4 Å². The molecule has 1 amide bonds. The number of hydrogen-bond donors (Lipinski definition) is 1. The molecule has 5 nitrogen and oxygen atoms in total. The zero-order valence-electron chi connectivity index (χ0n) is 20.1. The molecule has 0 heterocycles. The van der Waals surface area contributed by atoms with Gasteiger partial charge in [0.1, 0.15) is 6.54 Å². The van der Waals surface area contributed by atoms with Crippen molar-refractivity contribution in [2.24, 2.45) is 0 Å². The van der Waals surface area contributed by atoms with Gasteiger partial charge in [-0.3, -0.25) is 9.10 Å². The minimum absolute atomic E-state index is 0.150. The standard InChI is InChI=1S/C27H32N2O3S/c1-18(2)23-9-11-24(12-10-23)29(33(31,32)25-13-7-19(3)8-14-25)17-26(30)28-27-21(5)15-20(4)16-22(27)6/h7-16,18H,17H2,1-6H3,(H,28,30). The minimum atomic E-state index is -3.95. The number of carbonyl (C=O) groups excluding carboxylic acids is 1. The number of aryl methyl sites for hydroxylation is 4. The maximum atomic E-state index is 13.6. The maximum absolute atomic E-state index is 13.6. The van der Waals surface area contributed by atoms with Crippen LogP contribution in [-0.4, -0.2) is 20.9 Å². The van der Waals surface area contributed by atoms with E-state index in [1.165, 1.54) is 4.31 Å². The number of rotatable bonds is 7. The second-order valence-electron chi connectivity index (χ2n) is 8.89. The molecule has 0 aliphatic carbocycles. The van der Waals surface area contributed by atoms with Crippen LogP contribution < -0.4 is 9.62 Å². The van der Waals surface area contributed by atoms with Crippen molar-refractivity contribution >= 4 is 27.3 Å². The Hall–Kier alpha value is -3.12. The molecule has 0 atom stereocenters. The fourth-order valence-corrected chi connectivity index (χ4v) is 5.29. The van der Waals surface area contributed by atoms with Gasteiger partial charge in [-0.1, -0.05) is 61.4 Å². The molecule has 3 aromatic carbocycles. The number of hydrogen-bond acceptors (Lipinski definition) is 3. The van der Waals surface area contributed by atoms with Crippen LogP contribution in [0.1, 0.15) is 47.6 Å². The van der Waals surface area contributed by atoms with E-state index < -0.39 is 15.9 Å². The van der Waals surface area contributed by atoms with Crippen LogP contribution >= 0.6 is 0 Å². The monoisotopic (exact) mass is 464 g/mol. The first-order chi connectivity index (χ1) is 15.5. The third-order valence-corrected chi connectivity index (χ3v) is 7.47. The quantitative estimate of drug-likeness (QED) is 0.475. The van der Waals surface area contributed by atoms with Gasteiger partial charge in [-0.2, -0.15) is 0 Å². The van der Waals surface area contributed by atoms with Gasteiger partial charge in [-0.15, -0.1) is 0 Å². The van der Waals surface area contributed by atoms with Crippen molar-refractivity contribution in [2.75, 3.05) is 16.2 Å². The summed E-state index contributed by atoms with van der Waals surface area (Å²) in [5, 5.41) is 2.92. The van der Waals surface area contributed by atoms with E-state index in [4.69, 9.17) is 0 Å². The predicted molar refractivity (Wildman–Crippen MR) is 136 cm³/mol. The molecule has 0 aliphatic heterocycles. The highest BCUT2D eigenvalue weighted by atomic mass is 32.2. The Kier molecular flexibility index (Phi) is 7.28. The fourth-order valence-electron chi connectivity index (χ4n) is 3.86. The highest BCUT2D eigenvalue weighted by molar-refractivity contribution is 7.92. The van der Waals surface area contributed by atoms with Gasteiger partial charge in [0.15, 0.2) is 0 Å². The van der Waals surface area contributed by atoms with E-state index in [0.717, 1.165) is 27.8 Å². The average Bonchev–Trinajstić information content (AvgIpc) is 2.75. The Morgan fingerprint density at radius 1 is 0.848 bits per heavy atom. The third kappa shape index (κ3) is 5.63. The van der Waals surface area contributed by atoms with Crippen LogP contribution in [-0.2, 0) is 14.8 Å². The van der Waals surface area contributed by atoms with E-state index in [-0.39, 0.29) is 11.4 Å². The summed E-state index contributed by atoms with van der Waals surface area (Å²) in [5.41, 5.74) is 6.22. The van der Waals surface area contributed by atoms with E-state index in [0.29, 0.717) is 17.3 Å². The number of nitrogens with zero attached hydrogens (tertiary/aromatic N) is 1. The van der Waals surface area contributed by atoms with Crippen LogP contribution in [0.3, 0.4) is 0 Å². The largest absolute Gasteiger partial charge is 0.324 e. The van der Waals surface area contributed by atoms with Gasteiger partial charge in [-0.05, 0) is 74.6 Å². The number of benzene rings is 3. The molecule has 0 radical (unpaired) electrons. The van der Waals surface area contributed by atoms with Gasteiger partial charge in [0, 0.05) is 5.69 Å². The molecular formula is C27H32N2O3S. The highest BCUT2D eigenvalue weighted by Crippen LogP contribution is 2.27. The van der Waals surface area contributed by atoms with Gasteiger partial charge in [-0.25, -0.2) is 8.42 Å². The Morgan fingerprint density at radius 2 is 1.39 bits per heavy atom. The number of carbonyl (C=O) groups is 1. The molecule has 1 N–H and O–H groups in total. The summed E-state index contributed by atoms with van der Waals surface area (Å²) < 4.78 is 28.3. The van der Waals surface area contributed by atoms with Gasteiger partial charge in [0.05, 0.1) is 10.6 Å². The van der Waals surface area contributed by atoms with Crippen molar-refractivity contribution in [3.63, 3.8) is 0 Å². The number of amides is 1. The lowest BCUT2D eigenvalue weighted by Gasteiger charge is -2.25. The summed E-state index contributed by atoms with van der Waals surface area (Å²) in [7, 11) is -3.95. The Balaban J connectivity index is 1.98. The molecule has 0 saturated heterocycles. The lowest BCUT2D eigenvalue weighted by atomic mass is 10.0. The average molecular weight is 465 g/mol. The predicted octanol–water partition coefficient (Wildman–Crippen LogP) is 5.88. The molecule has 0 aromatic heterocycles. The van der Waals surface area contributed by atoms with Crippen molar-refractivity contribution in [3.8, 4) is 0 Å². The maximum Gasteiger partial charge on any atom is 0.264 e. The summed E-state index contributed by atoms with van der Waals surface area (Å²) in [5.74, 6) is -0.0781. The number of anilines is 2. The third-order valence-electron chi connectivity index (χ3n) is 5.69. The topological polar surface area (TPSA) is 66.5 Å². The molecular weight excluding hydrogens is 432 g/mol. The molecule has 33 heavy (non-hydrogen) atoms. The zero-order chi connectivity index (χ0) is 24.3. The van der Waals surface area contributed by atoms with E-state index in [9.17, 15) is 13.2 Å². The second kappa shape index (κ2) is 9.79. The Bertz CT molecular complexity index is 1220. The van der Waals surface area contributed by atoms with Crippen molar-refractivity contribution in [2.45, 2.75) is 52.4 Å². The highest BCUT2D eigenvalue weighted by Gasteiger charge is 2.27. The van der Waals surface area contributed by atoms with E-state index in [1.54, 1.807) is 36.4 Å². The van der Waals surface area contributed by atoms with Crippen LogP contribution in [0.25, 0.3) is 0 Å². The lowest BCUT2D eigenvalue weighted by molar-refractivity contribution is -0.114. The first kappa shape index (κ1) is 24.5. The van der Waals surface area contributed by atoms with Crippen LogP contribution in [0, 0.1) is 27.7 Å². The lowest BCUT2D eigenvalue weighted by Crippen LogP contribution is -2.38. The van der Waals surface area contributed by atoms with E-state index in [1.807, 2.05) is 52.0 Å². The molecule has 174 valence electrons. The Labute approximate surface area is 197 Å². The summed E-state index contributed by atoms with van der Waals surface area (Å²) in [6.07, 6.45) is 0. The molecule has 3 aromatic rings. The molecule has 3 rings (SSSR count). The van der Waals surface area contributed by atoms with Gasteiger partial charge in [0.25, 0.3) is 10.0 Å². The number of sulfonamides is 1. The van der Waals surface area contributed by atoms with Crippen LogP contribution in [0.15, 0.2) is 65.6 Å². The summed E-state index contributed by atoms with van der Waals surface area (Å²) >= 11 is 0. The van der Waals surface area contributed by atoms with Crippen LogP contribution in [0.2, 0.25) is 0 Å². The molecule has 0 aliphatic rings. The molecule has 0 spiro atoms. The van der Waals surface area contributed by atoms with Crippen molar-refractivity contribution in [1.82, 2.24) is 0 Å². The first-order valence-electron chi connectivity index (χ1n) is 11.1. The molecule has 0 unspecified atom stereocenters. The smallest absolute Gasteiger partial charge is 0.264 e. The summed E-state index contributed by atoms with van der Waals surface area (Å²) in [4.78, 5) is 13.2. The van der Waals surface area contributed by atoms with Gasteiger partial charge >= 0.3 is 0 Å². The molecule has 0 saturated carbocycles. The zero-order valence-corrected chi connectivity index (χ0v) is 21.0. The van der Waals surface area contributed by atoms with Gasteiger partial charge in [0.2, 0.25) is 5.91 Å². The summed E-state index contributed by atoms with van der Waals surface area (Å²) in [6, 6.07) is 18.0. The Morgan fingerprint density at radius 3 is 1.91 bits per heavy atom. The first-order valence-corrected chi connectivity index (χ1v) is 12.5. The normalized spacial score (nSPS) is 11.5. The van der Waals surface area contributed by atoms with Crippen molar-refractivity contribution < 1.29 is 13.2 Å². The minimum Gasteiger partial charge on any atom is -0.324 e. The number of nitrogens with one attached hydrogen (secondary N) is 1. The van der Waals surface area contributed by atoms with Gasteiger partial charge < -0.3 is 5.32 Å². The van der Waals surface area contributed by atoms with E-state index >= 15 is 0 Å².